The summed E-state index contributed by atoms with van der Waals surface area (Å²) >= 11 is 1.53. The molecule has 3 heterocycles. The molecule has 2 aromatic carbocycles. The van der Waals surface area contributed by atoms with Gasteiger partial charge in [-0.15, -0.1) is 11.3 Å². The van der Waals surface area contributed by atoms with E-state index in [2.05, 4.69) is 20.4 Å². The number of carbonyl (C=O) groups is 3. The quantitative estimate of drug-likeness (QED) is 0.242. The summed E-state index contributed by atoms with van der Waals surface area (Å²) in [5.74, 6) is 4.99. The van der Waals surface area contributed by atoms with Crippen LogP contribution in [0.4, 0.5) is 5.69 Å². The van der Waals surface area contributed by atoms with E-state index in [9.17, 15) is 14.4 Å². The van der Waals surface area contributed by atoms with Gasteiger partial charge in [0.15, 0.2) is 0 Å². The lowest BCUT2D eigenvalue weighted by atomic mass is 10.0. The fraction of sp³-hybridized carbons (Fsp3) is 0.217. The van der Waals surface area contributed by atoms with E-state index in [0.29, 0.717) is 29.0 Å². The number of nitrogens with one attached hydrogen (secondary N) is 1. The van der Waals surface area contributed by atoms with Crippen molar-refractivity contribution < 1.29 is 19.1 Å². The second kappa shape index (κ2) is 9.02. The van der Waals surface area contributed by atoms with Crippen molar-refractivity contribution in [1.29, 1.82) is 0 Å². The fourth-order valence-corrected chi connectivity index (χ4v) is 4.74. The topological polar surface area (TPSA) is 139 Å². The summed E-state index contributed by atoms with van der Waals surface area (Å²) < 4.78 is 6.96. The molecule has 0 spiro atoms. The first kappa shape index (κ1) is 21.7. The number of piperidine rings is 1. The van der Waals surface area contributed by atoms with Crippen molar-refractivity contribution in [3.63, 3.8) is 0 Å². The van der Waals surface area contributed by atoms with Crippen LogP contribution in [0.1, 0.15) is 28.8 Å². The average Bonchev–Trinajstić information content (AvgIpc) is 3.44. The third-order valence-electron chi connectivity index (χ3n) is 5.76. The van der Waals surface area contributed by atoms with Crippen LogP contribution in [0.2, 0.25) is 0 Å². The van der Waals surface area contributed by atoms with Crippen LogP contribution in [0, 0.1) is 0 Å². The van der Waals surface area contributed by atoms with Gasteiger partial charge in [-0.05, 0) is 36.8 Å². The second-order valence-corrected chi connectivity index (χ2v) is 8.74. The number of imide groups is 1. The minimum absolute atomic E-state index is 0.0475. The molecule has 2 aliphatic heterocycles. The first-order chi connectivity index (χ1) is 16.5. The molecule has 1 fully saturated rings. The zero-order chi connectivity index (χ0) is 23.7. The largest absolute Gasteiger partial charge is 0.487 e. The van der Waals surface area contributed by atoms with E-state index in [0.717, 1.165) is 15.9 Å². The number of nitrogens with zero attached hydrogens (tertiary/aromatic N) is 4. The molecular formula is C23H20N6O4S. The maximum Gasteiger partial charge on any atom is 0.255 e. The van der Waals surface area contributed by atoms with Gasteiger partial charge in [0.05, 0.1) is 34.2 Å². The zero-order valence-electron chi connectivity index (χ0n) is 17.9. The van der Waals surface area contributed by atoms with Crippen molar-refractivity contribution >= 4 is 56.9 Å². The number of nitrogens with two attached hydrogens (primary N) is 1. The third-order valence-corrected chi connectivity index (χ3v) is 6.55. The highest BCUT2D eigenvalue weighted by molar-refractivity contribution is 7.16. The third kappa shape index (κ3) is 4.13. The normalized spacial score (nSPS) is 18.6. The van der Waals surface area contributed by atoms with Crippen LogP contribution in [0.15, 0.2) is 52.0 Å². The van der Waals surface area contributed by atoms with Crippen molar-refractivity contribution in [3.8, 4) is 5.75 Å². The first-order valence-electron chi connectivity index (χ1n) is 10.6. The average molecular weight is 477 g/mol. The van der Waals surface area contributed by atoms with E-state index in [1.165, 1.54) is 22.5 Å². The van der Waals surface area contributed by atoms with Crippen LogP contribution in [0.3, 0.4) is 0 Å². The van der Waals surface area contributed by atoms with Gasteiger partial charge < -0.3 is 15.5 Å². The maximum absolute atomic E-state index is 12.9. The highest BCUT2D eigenvalue weighted by atomic mass is 32.1. The number of amides is 3. The molecule has 1 saturated heterocycles. The van der Waals surface area contributed by atoms with Gasteiger partial charge >= 0.3 is 0 Å². The Morgan fingerprint density at radius 3 is 3.00 bits per heavy atom. The van der Waals surface area contributed by atoms with Gasteiger partial charge in [-0.2, -0.15) is 5.10 Å². The number of ether oxygens (including phenoxy) is 1. The molecular weight excluding hydrogens is 456 g/mol. The molecule has 1 aromatic heterocycles. The van der Waals surface area contributed by atoms with Crippen molar-refractivity contribution in [2.24, 2.45) is 15.9 Å². The Labute approximate surface area is 198 Å². The minimum atomic E-state index is -0.686. The summed E-state index contributed by atoms with van der Waals surface area (Å²) in [6.07, 6.45) is 2.03. The second-order valence-electron chi connectivity index (χ2n) is 7.85. The van der Waals surface area contributed by atoms with Crippen molar-refractivity contribution in [3.05, 3.63) is 53.0 Å². The molecule has 1 atom stereocenters. The Hall–Kier alpha value is -4.12. The lowest BCUT2D eigenvalue weighted by Crippen LogP contribution is -2.52. The van der Waals surface area contributed by atoms with Crippen molar-refractivity contribution in [1.82, 2.24) is 15.2 Å². The van der Waals surface area contributed by atoms with Gasteiger partial charge in [-0.1, -0.05) is 6.07 Å². The number of aromatic nitrogens is 1. The zero-order valence-corrected chi connectivity index (χ0v) is 18.7. The Bertz CT molecular complexity index is 1360. The number of aliphatic imine (C=N–C) groups is 1. The molecule has 3 N–H and O–H groups in total. The van der Waals surface area contributed by atoms with Crippen LogP contribution < -0.4 is 15.9 Å². The Morgan fingerprint density at radius 2 is 2.18 bits per heavy atom. The molecule has 3 aromatic rings. The Balaban J connectivity index is 1.28. The number of carbonyl (C=O) groups excluding carboxylic acids is 3. The molecule has 5 rings (SSSR count). The fourth-order valence-electron chi connectivity index (χ4n) is 4.03. The molecule has 172 valence electrons. The van der Waals surface area contributed by atoms with E-state index < -0.39 is 11.9 Å². The van der Waals surface area contributed by atoms with Crippen LogP contribution >= 0.6 is 11.3 Å². The summed E-state index contributed by atoms with van der Waals surface area (Å²) in [7, 11) is 0. The number of fused-ring (bicyclic) bond motifs is 2. The van der Waals surface area contributed by atoms with Gasteiger partial charge in [0, 0.05) is 17.5 Å². The molecule has 0 radical (unpaired) electrons. The number of hydrogen-bond acceptors (Lipinski definition) is 9. The van der Waals surface area contributed by atoms with Gasteiger partial charge in [0.1, 0.15) is 24.1 Å². The van der Waals surface area contributed by atoms with Crippen LogP contribution in [0.25, 0.3) is 10.2 Å². The number of thiazole rings is 1. The number of hydrogen-bond donors (Lipinski definition) is 2. The monoisotopic (exact) mass is 476 g/mol. The molecule has 0 bridgehead atoms. The molecule has 0 aliphatic carbocycles. The van der Waals surface area contributed by atoms with E-state index in [4.69, 9.17) is 10.6 Å². The van der Waals surface area contributed by atoms with Gasteiger partial charge in [-0.25, -0.2) is 4.98 Å². The van der Waals surface area contributed by atoms with E-state index in [1.807, 2.05) is 18.2 Å². The molecule has 11 heteroatoms. The van der Waals surface area contributed by atoms with Crippen molar-refractivity contribution in [2.75, 3.05) is 6.61 Å². The standard InChI is InChI=1S/C23H20N6O4S/c24-28-14(9-25-13-4-5-17-20(8-13)34-12-26-17)11-33-19-3-1-2-15-16(19)10-29(23(15)32)18-6-7-21(30)27-22(18)31/h1-5,8-9,12,18H,6-7,10-11,24H2,(H,27,30,31). The molecule has 0 saturated carbocycles. The molecule has 34 heavy (non-hydrogen) atoms. The van der Waals surface area contributed by atoms with Crippen LogP contribution in [-0.4, -0.2) is 52.2 Å². The highest BCUT2D eigenvalue weighted by Gasteiger charge is 2.40. The smallest absolute Gasteiger partial charge is 0.255 e. The Morgan fingerprint density at radius 1 is 1.29 bits per heavy atom. The highest BCUT2D eigenvalue weighted by Crippen LogP contribution is 2.33. The lowest BCUT2D eigenvalue weighted by molar-refractivity contribution is -0.136. The van der Waals surface area contributed by atoms with Gasteiger partial charge in [0.2, 0.25) is 11.8 Å². The Kier molecular flexibility index (Phi) is 5.76. The lowest BCUT2D eigenvalue weighted by Gasteiger charge is -2.29. The predicted molar refractivity (Wildman–Crippen MR) is 127 cm³/mol. The van der Waals surface area contributed by atoms with E-state index >= 15 is 0 Å². The maximum atomic E-state index is 12.9. The van der Waals surface area contributed by atoms with Crippen LogP contribution in [-0.2, 0) is 16.1 Å². The number of hydrazone groups is 1. The molecule has 1 unspecified atom stereocenters. The van der Waals surface area contributed by atoms with Crippen molar-refractivity contribution in [2.45, 2.75) is 25.4 Å². The van der Waals surface area contributed by atoms with Gasteiger partial charge in [0.25, 0.3) is 5.91 Å². The summed E-state index contributed by atoms with van der Waals surface area (Å²) in [5.41, 5.74) is 5.00. The van der Waals surface area contributed by atoms with Crippen LogP contribution in [0.5, 0.6) is 5.75 Å². The number of benzene rings is 2. The van der Waals surface area contributed by atoms with E-state index in [1.54, 1.807) is 23.7 Å². The molecule has 2 aliphatic rings. The summed E-state index contributed by atoms with van der Waals surface area (Å²) in [6.45, 7) is 0.264. The molecule has 10 nitrogen and oxygen atoms in total. The predicted octanol–water partition coefficient (Wildman–Crippen LogP) is 2.15. The van der Waals surface area contributed by atoms with E-state index in [-0.39, 0.29) is 31.4 Å². The summed E-state index contributed by atoms with van der Waals surface area (Å²) in [6, 6.07) is 10.2. The first-order valence-corrected chi connectivity index (χ1v) is 11.4. The number of rotatable bonds is 6. The van der Waals surface area contributed by atoms with Gasteiger partial charge in [-0.3, -0.25) is 24.7 Å². The minimum Gasteiger partial charge on any atom is -0.487 e. The SMILES string of the molecule is NN=C(C=Nc1ccc2ncsc2c1)COc1cccc2c1CN(C1CCC(=O)NC1=O)C2=O. The summed E-state index contributed by atoms with van der Waals surface area (Å²) in [4.78, 5) is 46.8. The summed E-state index contributed by atoms with van der Waals surface area (Å²) in [5, 5.41) is 6.06. The molecule has 3 amide bonds.